The average molecular weight is 176 g/mol. The second kappa shape index (κ2) is 7.07. The Morgan fingerprint density at radius 3 is 2.67 bits per heavy atom. The summed E-state index contributed by atoms with van der Waals surface area (Å²) in [7, 11) is 0. The van der Waals surface area contributed by atoms with Gasteiger partial charge in [-0.15, -0.1) is 0 Å². The molecule has 0 saturated carbocycles. The summed E-state index contributed by atoms with van der Waals surface area (Å²) in [5.41, 5.74) is 0. The maximum atomic E-state index is 12.5. The van der Waals surface area contributed by atoms with Crippen LogP contribution in [0.5, 0.6) is 0 Å². The molecule has 0 aliphatic rings. The van der Waals surface area contributed by atoms with Crippen LogP contribution in [0.4, 0.5) is 4.39 Å². The van der Waals surface area contributed by atoms with Crippen molar-refractivity contribution >= 4 is 6.47 Å². The number of alkyl halides is 1. The van der Waals surface area contributed by atoms with Gasteiger partial charge >= 0.3 is 0 Å². The van der Waals surface area contributed by atoms with Crippen molar-refractivity contribution in [3.63, 3.8) is 0 Å². The number of carbonyl (C=O) groups excluding carboxylic acids is 1. The van der Waals surface area contributed by atoms with Crippen molar-refractivity contribution < 1.29 is 13.9 Å². The van der Waals surface area contributed by atoms with Crippen LogP contribution in [0, 0.1) is 0 Å². The van der Waals surface area contributed by atoms with Crippen LogP contribution in [0.25, 0.3) is 0 Å². The zero-order valence-corrected chi connectivity index (χ0v) is 7.75. The van der Waals surface area contributed by atoms with Gasteiger partial charge in [0, 0.05) is 6.42 Å². The Hall–Kier alpha value is -0.600. The van der Waals surface area contributed by atoms with Crippen LogP contribution >= 0.6 is 0 Å². The first-order valence-corrected chi connectivity index (χ1v) is 4.43. The molecule has 0 aliphatic carbocycles. The lowest BCUT2D eigenvalue weighted by Crippen LogP contribution is -2.16. The Bertz CT molecular complexity index is 115. The van der Waals surface area contributed by atoms with E-state index in [1.165, 1.54) is 6.92 Å². The fourth-order valence-corrected chi connectivity index (χ4v) is 1.11. The van der Waals surface area contributed by atoms with Gasteiger partial charge in [0.1, 0.15) is 12.3 Å². The molecule has 2 unspecified atom stereocenters. The molecule has 0 fully saturated rings. The summed E-state index contributed by atoms with van der Waals surface area (Å²) in [6.45, 7) is 3.94. The van der Waals surface area contributed by atoms with Gasteiger partial charge in [-0.1, -0.05) is 19.8 Å². The van der Waals surface area contributed by atoms with Crippen molar-refractivity contribution in [1.29, 1.82) is 0 Å². The van der Waals surface area contributed by atoms with Crippen LogP contribution in [0.2, 0.25) is 0 Å². The normalized spacial score (nSPS) is 15.2. The van der Waals surface area contributed by atoms with Gasteiger partial charge in [-0.2, -0.15) is 0 Å². The van der Waals surface area contributed by atoms with Gasteiger partial charge in [0.05, 0.1) is 0 Å². The predicted octanol–water partition coefficient (Wildman–Crippen LogP) is 2.47. The predicted molar refractivity (Wildman–Crippen MR) is 45.6 cm³/mol. The molecule has 0 radical (unpaired) electrons. The summed E-state index contributed by atoms with van der Waals surface area (Å²) < 4.78 is 17.2. The van der Waals surface area contributed by atoms with Gasteiger partial charge in [-0.3, -0.25) is 4.79 Å². The minimum absolute atomic E-state index is 0.234. The van der Waals surface area contributed by atoms with Crippen molar-refractivity contribution in [3.05, 3.63) is 0 Å². The van der Waals surface area contributed by atoms with Crippen molar-refractivity contribution in [2.75, 3.05) is 0 Å². The lowest BCUT2D eigenvalue weighted by atomic mass is 10.1. The Morgan fingerprint density at radius 1 is 1.58 bits per heavy atom. The van der Waals surface area contributed by atoms with Crippen molar-refractivity contribution in [1.82, 2.24) is 0 Å². The zero-order chi connectivity index (χ0) is 9.40. The summed E-state index contributed by atoms with van der Waals surface area (Å²) in [4.78, 5) is 10.0. The van der Waals surface area contributed by atoms with Crippen molar-refractivity contribution in [2.24, 2.45) is 0 Å². The Morgan fingerprint density at radius 2 is 2.25 bits per heavy atom. The molecule has 0 amide bonds. The minimum atomic E-state index is -0.896. The van der Waals surface area contributed by atoms with E-state index < -0.39 is 6.17 Å². The number of hydrogen-bond acceptors (Lipinski definition) is 2. The number of halogens is 1. The standard InChI is InChI=1S/C9H17FO2/c1-3-4-5-9(12-7-11)6-8(2)10/h7-9H,3-6H2,1-2H3. The van der Waals surface area contributed by atoms with E-state index in [0.29, 0.717) is 12.9 Å². The van der Waals surface area contributed by atoms with E-state index in [1.807, 2.05) is 0 Å². The summed E-state index contributed by atoms with van der Waals surface area (Å²) in [5.74, 6) is 0. The Balaban J connectivity index is 3.61. The fraction of sp³-hybridized carbons (Fsp3) is 0.889. The molecule has 0 bridgehead atoms. The zero-order valence-electron chi connectivity index (χ0n) is 7.75. The quantitative estimate of drug-likeness (QED) is 0.557. The average Bonchev–Trinajstić information content (AvgIpc) is 2.00. The SMILES string of the molecule is CCCCC(CC(C)F)OC=O. The van der Waals surface area contributed by atoms with Crippen LogP contribution in [0.3, 0.4) is 0 Å². The summed E-state index contributed by atoms with van der Waals surface area (Å²) in [6.07, 6.45) is 1.97. The number of hydrogen-bond donors (Lipinski definition) is 0. The van der Waals surface area contributed by atoms with Crippen molar-refractivity contribution in [2.45, 2.75) is 51.8 Å². The van der Waals surface area contributed by atoms with E-state index in [9.17, 15) is 9.18 Å². The summed E-state index contributed by atoms with van der Waals surface area (Å²) >= 11 is 0. The molecule has 2 atom stereocenters. The van der Waals surface area contributed by atoms with Gasteiger partial charge in [0.15, 0.2) is 0 Å². The van der Waals surface area contributed by atoms with E-state index in [0.717, 1.165) is 19.3 Å². The van der Waals surface area contributed by atoms with Gasteiger partial charge in [0.25, 0.3) is 6.47 Å². The van der Waals surface area contributed by atoms with Crippen molar-refractivity contribution in [3.8, 4) is 0 Å². The maximum Gasteiger partial charge on any atom is 0.293 e. The van der Waals surface area contributed by atoms with Crippen LogP contribution in [-0.4, -0.2) is 18.7 Å². The largest absolute Gasteiger partial charge is 0.464 e. The molecule has 0 saturated heterocycles. The third-order valence-corrected chi connectivity index (χ3v) is 1.72. The molecule has 0 spiro atoms. The Labute approximate surface area is 73.1 Å². The molecule has 3 heteroatoms. The van der Waals surface area contributed by atoms with Crippen LogP contribution in [0.15, 0.2) is 0 Å². The molecule has 0 aromatic carbocycles. The first-order valence-electron chi connectivity index (χ1n) is 4.43. The summed E-state index contributed by atoms with van der Waals surface area (Å²) in [6, 6.07) is 0. The highest BCUT2D eigenvalue weighted by molar-refractivity contribution is 5.37. The minimum Gasteiger partial charge on any atom is -0.464 e. The smallest absolute Gasteiger partial charge is 0.293 e. The van der Waals surface area contributed by atoms with E-state index in [-0.39, 0.29) is 6.10 Å². The fourth-order valence-electron chi connectivity index (χ4n) is 1.11. The van der Waals surface area contributed by atoms with Gasteiger partial charge < -0.3 is 4.74 Å². The highest BCUT2D eigenvalue weighted by Gasteiger charge is 2.12. The molecule has 2 nitrogen and oxygen atoms in total. The molecule has 0 aromatic rings. The molecule has 0 rings (SSSR count). The number of unbranched alkanes of at least 4 members (excludes halogenated alkanes) is 1. The first-order chi connectivity index (χ1) is 5.70. The number of carbonyl (C=O) groups is 1. The molecule has 0 N–H and O–H groups in total. The highest BCUT2D eigenvalue weighted by atomic mass is 19.1. The van der Waals surface area contributed by atoms with Crippen LogP contribution in [0.1, 0.15) is 39.5 Å². The highest BCUT2D eigenvalue weighted by Crippen LogP contribution is 2.11. The summed E-state index contributed by atoms with van der Waals surface area (Å²) in [5, 5.41) is 0. The van der Waals surface area contributed by atoms with Gasteiger partial charge in [0.2, 0.25) is 0 Å². The van der Waals surface area contributed by atoms with E-state index >= 15 is 0 Å². The maximum absolute atomic E-state index is 12.5. The number of ether oxygens (including phenoxy) is 1. The molecule has 72 valence electrons. The van der Waals surface area contributed by atoms with E-state index in [4.69, 9.17) is 4.74 Å². The first kappa shape index (κ1) is 11.4. The molecule has 0 aromatic heterocycles. The monoisotopic (exact) mass is 176 g/mol. The van der Waals surface area contributed by atoms with Gasteiger partial charge in [-0.25, -0.2) is 4.39 Å². The molecule has 12 heavy (non-hydrogen) atoms. The van der Waals surface area contributed by atoms with Gasteiger partial charge in [-0.05, 0) is 13.3 Å². The van der Waals surface area contributed by atoms with Crippen LogP contribution < -0.4 is 0 Å². The lowest BCUT2D eigenvalue weighted by Gasteiger charge is -2.14. The second-order valence-electron chi connectivity index (χ2n) is 3.01. The van der Waals surface area contributed by atoms with E-state index in [2.05, 4.69) is 6.92 Å². The molecule has 0 heterocycles. The third-order valence-electron chi connectivity index (χ3n) is 1.72. The van der Waals surface area contributed by atoms with E-state index in [1.54, 1.807) is 0 Å². The number of rotatable bonds is 7. The topological polar surface area (TPSA) is 26.3 Å². The third kappa shape index (κ3) is 6.13. The lowest BCUT2D eigenvalue weighted by molar-refractivity contribution is -0.134. The molecular weight excluding hydrogens is 159 g/mol. The molecular formula is C9H17FO2. The van der Waals surface area contributed by atoms with Crippen LogP contribution in [-0.2, 0) is 9.53 Å². The Kier molecular flexibility index (Phi) is 6.72. The molecule has 0 aliphatic heterocycles. The second-order valence-corrected chi connectivity index (χ2v) is 3.01.